The van der Waals surface area contributed by atoms with Crippen molar-refractivity contribution in [3.05, 3.63) is 59.7 Å². The van der Waals surface area contributed by atoms with Gasteiger partial charge in [0.25, 0.3) is 0 Å². The monoisotopic (exact) mass is 364 g/mol. The molecular weight excluding hydrogens is 340 g/mol. The molecule has 5 nitrogen and oxygen atoms in total. The van der Waals surface area contributed by atoms with Crippen molar-refractivity contribution < 1.29 is 14.3 Å². The Hall–Kier alpha value is -2.69. The Morgan fingerprint density at radius 2 is 1.81 bits per heavy atom. The highest BCUT2D eigenvalue weighted by Crippen LogP contribution is 2.42. The molecule has 1 aliphatic carbocycles. The summed E-state index contributed by atoms with van der Waals surface area (Å²) in [6.45, 7) is 1.97. The topological polar surface area (TPSA) is 50.8 Å². The van der Waals surface area contributed by atoms with E-state index < -0.39 is 0 Å². The van der Waals surface area contributed by atoms with Crippen molar-refractivity contribution in [1.29, 1.82) is 0 Å². The van der Waals surface area contributed by atoms with Gasteiger partial charge in [-0.3, -0.25) is 0 Å². The van der Waals surface area contributed by atoms with Gasteiger partial charge in [0.15, 0.2) is 11.5 Å². The van der Waals surface area contributed by atoms with Crippen LogP contribution in [-0.2, 0) is 0 Å². The Kier molecular flexibility index (Phi) is 4.15. The lowest BCUT2D eigenvalue weighted by Gasteiger charge is -2.27. The first kappa shape index (κ1) is 16.5. The van der Waals surface area contributed by atoms with Crippen LogP contribution in [0.1, 0.15) is 42.3 Å². The van der Waals surface area contributed by atoms with Crippen LogP contribution in [0.3, 0.4) is 0 Å². The quantitative estimate of drug-likeness (QED) is 0.900. The first-order valence-corrected chi connectivity index (χ1v) is 9.81. The summed E-state index contributed by atoms with van der Waals surface area (Å²) < 4.78 is 11.3. The number of hydrogen-bond donors (Lipinski definition) is 1. The fourth-order valence-corrected chi connectivity index (χ4v) is 4.29. The highest BCUT2D eigenvalue weighted by atomic mass is 16.6. The zero-order valence-electron chi connectivity index (χ0n) is 15.3. The lowest BCUT2D eigenvalue weighted by atomic mass is 10.0. The SMILES string of the molecule is O=C(N[C@@H]1C[C@@H]1c1ccccc1)N1CCC[C@H]1c1ccc2c(c1)OCCO2. The van der Waals surface area contributed by atoms with Gasteiger partial charge in [0.2, 0.25) is 0 Å². The summed E-state index contributed by atoms with van der Waals surface area (Å²) in [6, 6.07) is 16.9. The third-order valence-corrected chi connectivity index (χ3v) is 5.79. The average molecular weight is 364 g/mol. The van der Waals surface area contributed by atoms with Gasteiger partial charge in [0, 0.05) is 18.5 Å². The molecule has 27 heavy (non-hydrogen) atoms. The summed E-state index contributed by atoms with van der Waals surface area (Å²) >= 11 is 0. The molecule has 3 aliphatic rings. The maximum Gasteiger partial charge on any atom is 0.318 e. The fraction of sp³-hybridized carbons (Fsp3) is 0.409. The van der Waals surface area contributed by atoms with Crippen LogP contribution in [0.25, 0.3) is 0 Å². The van der Waals surface area contributed by atoms with Gasteiger partial charge >= 0.3 is 6.03 Å². The van der Waals surface area contributed by atoms with Gasteiger partial charge in [-0.2, -0.15) is 0 Å². The van der Waals surface area contributed by atoms with Crippen LogP contribution in [0.4, 0.5) is 4.79 Å². The van der Waals surface area contributed by atoms with Gasteiger partial charge in [-0.05, 0) is 42.5 Å². The third-order valence-electron chi connectivity index (χ3n) is 5.79. The normalized spacial score (nSPS) is 25.9. The standard InChI is InChI=1S/C22H24N2O3/c25-22(23-18-14-17(18)15-5-2-1-3-6-15)24-10-4-7-19(24)16-8-9-20-21(13-16)27-12-11-26-20/h1-3,5-6,8-9,13,17-19H,4,7,10-12,14H2,(H,23,25)/t17-,18-,19+/m1/s1. The lowest BCUT2D eigenvalue weighted by Crippen LogP contribution is -2.40. The summed E-state index contributed by atoms with van der Waals surface area (Å²) in [7, 11) is 0. The van der Waals surface area contributed by atoms with Crippen molar-refractivity contribution in [3.8, 4) is 11.5 Å². The second-order valence-corrected chi connectivity index (χ2v) is 7.56. The summed E-state index contributed by atoms with van der Waals surface area (Å²) in [4.78, 5) is 14.9. The molecule has 0 unspecified atom stereocenters. The molecule has 1 N–H and O–H groups in total. The van der Waals surface area contributed by atoms with Crippen LogP contribution in [0.2, 0.25) is 0 Å². The van der Waals surface area contributed by atoms with Crippen LogP contribution in [-0.4, -0.2) is 36.7 Å². The Balaban J connectivity index is 1.27. The molecule has 2 aliphatic heterocycles. The minimum atomic E-state index is 0.0517. The van der Waals surface area contributed by atoms with E-state index >= 15 is 0 Å². The van der Waals surface area contributed by atoms with E-state index in [-0.39, 0.29) is 18.1 Å². The van der Waals surface area contributed by atoms with Crippen LogP contribution >= 0.6 is 0 Å². The first-order valence-electron chi connectivity index (χ1n) is 9.81. The fourth-order valence-electron chi connectivity index (χ4n) is 4.29. The van der Waals surface area contributed by atoms with Gasteiger partial charge in [-0.25, -0.2) is 4.79 Å². The summed E-state index contributed by atoms with van der Waals surface area (Å²) in [5, 5.41) is 3.24. The number of fused-ring (bicyclic) bond motifs is 1. The molecular formula is C22H24N2O3. The molecule has 0 bridgehead atoms. The predicted octanol–water partition coefficient (Wildman–Crippen LogP) is 3.86. The molecule has 5 heteroatoms. The number of nitrogens with zero attached hydrogens (tertiary/aromatic N) is 1. The summed E-state index contributed by atoms with van der Waals surface area (Å²) in [6.07, 6.45) is 3.04. The number of ether oxygens (including phenoxy) is 2. The Morgan fingerprint density at radius 3 is 2.67 bits per heavy atom. The number of carbonyl (C=O) groups is 1. The van der Waals surface area contributed by atoms with E-state index in [0.29, 0.717) is 19.1 Å². The number of benzene rings is 2. The number of nitrogens with one attached hydrogen (secondary N) is 1. The van der Waals surface area contributed by atoms with Gasteiger partial charge in [0.05, 0.1) is 6.04 Å². The molecule has 2 heterocycles. The Morgan fingerprint density at radius 1 is 1.00 bits per heavy atom. The van der Waals surface area contributed by atoms with Crippen molar-refractivity contribution in [2.75, 3.05) is 19.8 Å². The van der Waals surface area contributed by atoms with Crippen molar-refractivity contribution in [3.63, 3.8) is 0 Å². The molecule has 2 amide bonds. The third kappa shape index (κ3) is 3.22. The number of urea groups is 1. The number of carbonyl (C=O) groups excluding carboxylic acids is 1. The predicted molar refractivity (Wildman–Crippen MR) is 102 cm³/mol. The maximum absolute atomic E-state index is 12.9. The van der Waals surface area contributed by atoms with Gasteiger partial charge in [-0.15, -0.1) is 0 Å². The number of hydrogen-bond acceptors (Lipinski definition) is 3. The number of amides is 2. The molecule has 0 spiro atoms. The van der Waals surface area contributed by atoms with E-state index in [2.05, 4.69) is 35.6 Å². The molecule has 2 aromatic carbocycles. The van der Waals surface area contributed by atoms with Crippen molar-refractivity contribution in [2.45, 2.75) is 37.3 Å². The largest absolute Gasteiger partial charge is 0.486 e. The van der Waals surface area contributed by atoms with Gasteiger partial charge in [-0.1, -0.05) is 36.4 Å². The smallest absolute Gasteiger partial charge is 0.318 e. The summed E-state index contributed by atoms with van der Waals surface area (Å²) in [5.74, 6) is 2.03. The van der Waals surface area contributed by atoms with E-state index in [1.54, 1.807) is 0 Å². The maximum atomic E-state index is 12.9. The van der Waals surface area contributed by atoms with Crippen molar-refractivity contribution in [2.24, 2.45) is 0 Å². The van der Waals surface area contributed by atoms with Crippen molar-refractivity contribution >= 4 is 6.03 Å². The lowest BCUT2D eigenvalue weighted by molar-refractivity contribution is 0.170. The van der Waals surface area contributed by atoms with E-state index in [4.69, 9.17) is 9.47 Å². The number of rotatable bonds is 3. The Bertz CT molecular complexity index is 839. The van der Waals surface area contributed by atoms with Gasteiger partial charge in [0.1, 0.15) is 13.2 Å². The molecule has 1 saturated heterocycles. The first-order chi connectivity index (χ1) is 13.3. The van der Waals surface area contributed by atoms with Crippen molar-refractivity contribution in [1.82, 2.24) is 10.2 Å². The second-order valence-electron chi connectivity index (χ2n) is 7.56. The van der Waals surface area contributed by atoms with Gasteiger partial charge < -0.3 is 19.7 Å². The van der Waals surface area contributed by atoms with E-state index in [9.17, 15) is 4.79 Å². The van der Waals surface area contributed by atoms with Crippen LogP contribution < -0.4 is 14.8 Å². The molecule has 0 aromatic heterocycles. The van der Waals surface area contributed by atoms with Crippen LogP contribution in [0, 0.1) is 0 Å². The molecule has 1 saturated carbocycles. The zero-order valence-corrected chi connectivity index (χ0v) is 15.3. The molecule has 2 fully saturated rings. The minimum Gasteiger partial charge on any atom is -0.486 e. The molecule has 5 rings (SSSR count). The molecule has 140 valence electrons. The van der Waals surface area contributed by atoms with Crippen LogP contribution in [0.15, 0.2) is 48.5 Å². The molecule has 2 aromatic rings. The van der Waals surface area contributed by atoms with E-state index in [1.807, 2.05) is 23.1 Å². The number of likely N-dealkylation sites (tertiary alicyclic amines) is 1. The molecule has 0 radical (unpaired) electrons. The van der Waals surface area contributed by atoms with Crippen LogP contribution in [0.5, 0.6) is 11.5 Å². The molecule has 3 atom stereocenters. The second kappa shape index (κ2) is 6.80. The minimum absolute atomic E-state index is 0.0517. The van der Waals surface area contributed by atoms with E-state index in [0.717, 1.165) is 42.9 Å². The zero-order chi connectivity index (χ0) is 18.2. The highest BCUT2D eigenvalue weighted by molar-refractivity contribution is 5.76. The summed E-state index contributed by atoms with van der Waals surface area (Å²) in [5.41, 5.74) is 2.44. The van der Waals surface area contributed by atoms with E-state index in [1.165, 1.54) is 5.56 Å². The highest BCUT2D eigenvalue weighted by Gasteiger charge is 2.41. The average Bonchev–Trinajstić information content (AvgIpc) is 3.30. The Labute approximate surface area is 159 Å².